The smallest absolute Gasteiger partial charge is 0.306 e. The zero-order valence-electron chi connectivity index (χ0n) is 54.8. The van der Waals surface area contributed by atoms with Crippen molar-refractivity contribution < 1.29 is 28.6 Å². The van der Waals surface area contributed by atoms with Crippen molar-refractivity contribution in [3.05, 3.63) is 36.5 Å². The van der Waals surface area contributed by atoms with E-state index in [0.717, 1.165) is 77.0 Å². The number of carbonyl (C=O) groups excluding carboxylic acids is 3. The van der Waals surface area contributed by atoms with Gasteiger partial charge >= 0.3 is 17.9 Å². The molecule has 0 rings (SSSR count). The lowest BCUT2D eigenvalue weighted by molar-refractivity contribution is -0.167. The Bertz CT molecular complexity index is 1350. The molecule has 0 spiro atoms. The van der Waals surface area contributed by atoms with Crippen LogP contribution in [0.15, 0.2) is 36.5 Å². The summed E-state index contributed by atoms with van der Waals surface area (Å²) in [6.45, 7) is 6.63. The largest absolute Gasteiger partial charge is 0.462 e. The van der Waals surface area contributed by atoms with Crippen molar-refractivity contribution in [2.75, 3.05) is 13.2 Å². The van der Waals surface area contributed by atoms with Gasteiger partial charge in [-0.1, -0.05) is 353 Å². The van der Waals surface area contributed by atoms with Crippen molar-refractivity contribution in [3.63, 3.8) is 0 Å². The highest BCUT2D eigenvalue weighted by atomic mass is 16.6. The van der Waals surface area contributed by atoms with Gasteiger partial charge in [-0.25, -0.2) is 0 Å². The van der Waals surface area contributed by atoms with Gasteiger partial charge in [-0.3, -0.25) is 14.4 Å². The summed E-state index contributed by atoms with van der Waals surface area (Å²) in [7, 11) is 0. The summed E-state index contributed by atoms with van der Waals surface area (Å²) in [4.78, 5) is 38.3. The number of hydrogen-bond donors (Lipinski definition) is 0. The molecule has 0 aromatic rings. The molecule has 0 saturated carbocycles. The number of ether oxygens (including phenoxy) is 3. The van der Waals surface area contributed by atoms with Gasteiger partial charge in [-0.2, -0.15) is 0 Å². The lowest BCUT2D eigenvalue weighted by Gasteiger charge is -2.18. The summed E-state index contributed by atoms with van der Waals surface area (Å²) in [5.74, 6) is -0.851. The lowest BCUT2D eigenvalue weighted by Crippen LogP contribution is -2.30. The number of carbonyl (C=O) groups is 3. The van der Waals surface area contributed by atoms with Crippen LogP contribution in [0, 0.1) is 0 Å². The molecule has 0 aliphatic rings. The second kappa shape index (κ2) is 70.1. The van der Waals surface area contributed by atoms with Crippen molar-refractivity contribution >= 4 is 17.9 Å². The number of unbranched alkanes of at least 4 members (excludes halogenated alkanes) is 51. The number of rotatable bonds is 68. The lowest BCUT2D eigenvalue weighted by atomic mass is 10.0. The zero-order valence-corrected chi connectivity index (χ0v) is 54.8. The predicted molar refractivity (Wildman–Crippen MR) is 353 cm³/mol. The highest BCUT2D eigenvalue weighted by Gasteiger charge is 2.19. The van der Waals surface area contributed by atoms with E-state index in [-0.39, 0.29) is 31.1 Å². The van der Waals surface area contributed by atoms with Crippen LogP contribution in [-0.4, -0.2) is 37.2 Å². The minimum absolute atomic E-state index is 0.0682. The summed E-state index contributed by atoms with van der Waals surface area (Å²) in [6, 6.07) is 0. The molecule has 0 radical (unpaired) electrons. The molecule has 0 aliphatic carbocycles. The maximum Gasteiger partial charge on any atom is 0.306 e. The molecule has 0 aromatic carbocycles. The SMILES string of the molecule is CCC/C=C\CCCCCCCC(=O)OCC(COC(=O)CCCCCCCCCCCCCCCCCCCCCCCCC/C=C\C/C=C\CCCCCCC)OC(=O)CCCCCCCCCCCCCCCCCCCC. The number of allylic oxidation sites excluding steroid dienone is 6. The van der Waals surface area contributed by atoms with Crippen LogP contribution in [0.1, 0.15) is 406 Å². The molecule has 0 aliphatic heterocycles. The normalized spacial score (nSPS) is 12.2. The summed E-state index contributed by atoms with van der Waals surface area (Å²) in [5.41, 5.74) is 0. The molecule has 476 valence electrons. The van der Waals surface area contributed by atoms with Gasteiger partial charge in [0.15, 0.2) is 6.10 Å². The van der Waals surface area contributed by atoms with Gasteiger partial charge in [0, 0.05) is 19.3 Å². The van der Waals surface area contributed by atoms with Crippen LogP contribution < -0.4 is 0 Å². The van der Waals surface area contributed by atoms with E-state index in [2.05, 4.69) is 57.2 Å². The molecule has 0 aromatic heterocycles. The van der Waals surface area contributed by atoms with Crippen LogP contribution in [0.4, 0.5) is 0 Å². The van der Waals surface area contributed by atoms with Crippen LogP contribution in [0.5, 0.6) is 0 Å². The van der Waals surface area contributed by atoms with Crippen molar-refractivity contribution in [2.45, 2.75) is 412 Å². The van der Waals surface area contributed by atoms with E-state index in [0.29, 0.717) is 19.3 Å². The van der Waals surface area contributed by atoms with Gasteiger partial charge in [0.25, 0.3) is 0 Å². The minimum atomic E-state index is -0.771. The minimum Gasteiger partial charge on any atom is -0.462 e. The van der Waals surface area contributed by atoms with Crippen LogP contribution >= 0.6 is 0 Å². The maximum absolute atomic E-state index is 12.9. The van der Waals surface area contributed by atoms with Gasteiger partial charge in [0.05, 0.1) is 0 Å². The topological polar surface area (TPSA) is 78.9 Å². The third kappa shape index (κ3) is 68.3. The average molecular weight is 1140 g/mol. The summed E-state index contributed by atoms with van der Waals surface area (Å²) in [6.07, 6.45) is 87.8. The zero-order chi connectivity index (χ0) is 58.5. The van der Waals surface area contributed by atoms with E-state index in [4.69, 9.17) is 14.2 Å². The van der Waals surface area contributed by atoms with Crippen molar-refractivity contribution in [1.82, 2.24) is 0 Å². The van der Waals surface area contributed by atoms with Crippen LogP contribution in [-0.2, 0) is 28.6 Å². The average Bonchev–Trinajstić information content (AvgIpc) is 3.47. The van der Waals surface area contributed by atoms with E-state index >= 15 is 0 Å². The van der Waals surface area contributed by atoms with Crippen LogP contribution in [0.25, 0.3) is 0 Å². The Morgan fingerprint density at radius 1 is 0.247 bits per heavy atom. The van der Waals surface area contributed by atoms with Crippen LogP contribution in [0.2, 0.25) is 0 Å². The molecule has 0 N–H and O–H groups in total. The molecule has 1 unspecified atom stereocenters. The highest BCUT2D eigenvalue weighted by Crippen LogP contribution is 2.19. The third-order valence-corrected chi connectivity index (χ3v) is 16.6. The summed E-state index contributed by atoms with van der Waals surface area (Å²) >= 11 is 0. The first kappa shape index (κ1) is 78.6. The highest BCUT2D eigenvalue weighted by molar-refractivity contribution is 5.71. The quantitative estimate of drug-likeness (QED) is 0.0261. The summed E-state index contributed by atoms with van der Waals surface area (Å²) < 4.78 is 16.9. The van der Waals surface area contributed by atoms with Gasteiger partial charge in [-0.15, -0.1) is 0 Å². The first-order chi connectivity index (χ1) is 40.0. The molecule has 0 amide bonds. The maximum atomic E-state index is 12.9. The molecule has 6 nitrogen and oxygen atoms in total. The Morgan fingerprint density at radius 2 is 0.469 bits per heavy atom. The fourth-order valence-electron chi connectivity index (χ4n) is 11.1. The summed E-state index contributed by atoms with van der Waals surface area (Å²) in [5, 5.41) is 0. The van der Waals surface area contributed by atoms with E-state index in [1.54, 1.807) is 0 Å². The first-order valence-corrected chi connectivity index (χ1v) is 36.5. The van der Waals surface area contributed by atoms with E-state index in [9.17, 15) is 14.4 Å². The third-order valence-electron chi connectivity index (χ3n) is 16.6. The second-order valence-corrected chi connectivity index (χ2v) is 24.9. The van der Waals surface area contributed by atoms with Crippen molar-refractivity contribution in [2.24, 2.45) is 0 Å². The number of esters is 3. The molecular formula is C75H140O6. The fourth-order valence-corrected chi connectivity index (χ4v) is 11.1. The van der Waals surface area contributed by atoms with Gasteiger partial charge < -0.3 is 14.2 Å². The number of hydrogen-bond acceptors (Lipinski definition) is 6. The van der Waals surface area contributed by atoms with Gasteiger partial charge in [0.1, 0.15) is 13.2 Å². The molecule has 1 atom stereocenters. The Morgan fingerprint density at radius 3 is 0.741 bits per heavy atom. The Kier molecular flexibility index (Phi) is 68.1. The molecular weight excluding hydrogens is 997 g/mol. The Hall–Kier alpha value is -2.37. The first-order valence-electron chi connectivity index (χ1n) is 36.5. The fraction of sp³-hybridized carbons (Fsp3) is 0.880. The molecule has 0 saturated heterocycles. The molecule has 0 heterocycles. The molecule has 6 heteroatoms. The van der Waals surface area contributed by atoms with Crippen LogP contribution in [0.3, 0.4) is 0 Å². The van der Waals surface area contributed by atoms with Gasteiger partial charge in [-0.05, 0) is 70.6 Å². The Labute approximate surface area is 506 Å². The van der Waals surface area contributed by atoms with E-state index in [1.165, 1.54) is 289 Å². The molecule has 0 bridgehead atoms. The Balaban J connectivity index is 4.01. The predicted octanol–water partition coefficient (Wildman–Crippen LogP) is 25.1. The van der Waals surface area contributed by atoms with Crippen molar-refractivity contribution in [3.8, 4) is 0 Å². The monoisotopic (exact) mass is 1140 g/mol. The van der Waals surface area contributed by atoms with Crippen molar-refractivity contribution in [1.29, 1.82) is 0 Å². The molecule has 0 fully saturated rings. The molecule has 81 heavy (non-hydrogen) atoms. The standard InChI is InChI=1S/C75H140O6/c1-4-7-10-13-16-19-22-24-26-28-30-31-32-33-34-35-36-37-38-39-40-41-42-43-44-45-46-48-49-51-53-56-59-62-65-68-74(77)80-71-72(70-79-73(76)67-64-61-58-55-21-18-15-12-9-6-3)81-75(78)69-66-63-60-57-54-52-50-47-29-27-25-23-20-17-14-11-8-5-2/h12,15,22,24,28,30,72H,4-11,13-14,16-21,23,25-27,29,31-71H2,1-3H3/b15-12-,24-22-,30-28-. The van der Waals surface area contributed by atoms with E-state index in [1.807, 2.05) is 0 Å². The van der Waals surface area contributed by atoms with E-state index < -0.39 is 6.10 Å². The van der Waals surface area contributed by atoms with Gasteiger partial charge in [0.2, 0.25) is 0 Å². The second-order valence-electron chi connectivity index (χ2n) is 24.9.